The first-order chi connectivity index (χ1) is 13.8. The average Bonchev–Trinajstić information content (AvgIpc) is 2.68. The van der Waals surface area contributed by atoms with Crippen LogP contribution in [0.5, 0.6) is 0 Å². The van der Waals surface area contributed by atoms with Gasteiger partial charge in [-0.1, -0.05) is 67.5 Å². The predicted octanol–water partition coefficient (Wildman–Crippen LogP) is 5.26. The van der Waals surface area contributed by atoms with Crippen LogP contribution in [0.15, 0.2) is 59.8 Å². The van der Waals surface area contributed by atoms with Crippen molar-refractivity contribution in [1.82, 2.24) is 0 Å². The van der Waals surface area contributed by atoms with Crippen LogP contribution in [-0.2, 0) is 9.53 Å². The van der Waals surface area contributed by atoms with Gasteiger partial charge in [-0.05, 0) is 58.9 Å². The Bertz CT molecular complexity index is 599. The monoisotopic (exact) mass is 403 g/mol. The molecule has 0 amide bonds. The van der Waals surface area contributed by atoms with Crippen LogP contribution in [0.25, 0.3) is 0 Å². The van der Waals surface area contributed by atoms with Crippen LogP contribution >= 0.6 is 0 Å². The molecule has 0 bridgehead atoms. The van der Waals surface area contributed by atoms with E-state index in [0.29, 0.717) is 18.9 Å². The van der Waals surface area contributed by atoms with Gasteiger partial charge in [-0.25, -0.2) is 4.79 Å². The van der Waals surface area contributed by atoms with Crippen molar-refractivity contribution in [2.24, 2.45) is 17.6 Å². The number of allylic oxidation sites excluding steroid dienone is 7. The summed E-state index contributed by atoms with van der Waals surface area (Å²) < 4.78 is 4.81. The molecule has 0 radical (unpaired) electrons. The number of carbonyl (C=O) groups excluding carboxylic acids is 1. The van der Waals surface area contributed by atoms with E-state index in [0.717, 1.165) is 25.8 Å². The smallest absolute Gasteiger partial charge is 0.330 e. The van der Waals surface area contributed by atoms with E-state index in [1.54, 1.807) is 19.1 Å². The van der Waals surface area contributed by atoms with Crippen LogP contribution in [0.1, 0.15) is 60.3 Å². The Kier molecular flexibility index (Phi) is 15.9. The standard InChI is InChI=1S/C25H41NO3/c1-6-29-25(28)15-11-10-14-23(5)24(27)17-16-21(3)18-20(2)12-8-7-9-13-22(4)19-26/h7-8,10-12,14-16,22-24,27H,6,9,13,17-19,26H2,1-5H3/b8-7+,14-10+,15-11+,20-12+,21-16+/t22-,23-,24-/m0/s1. The number of hydrogen-bond acceptors (Lipinski definition) is 4. The minimum atomic E-state index is -0.453. The summed E-state index contributed by atoms with van der Waals surface area (Å²) in [5, 5.41) is 10.3. The molecule has 0 aliphatic rings. The van der Waals surface area contributed by atoms with E-state index >= 15 is 0 Å². The minimum Gasteiger partial charge on any atom is -0.463 e. The molecular weight excluding hydrogens is 362 g/mol. The SMILES string of the molecule is CCOC(=O)/C=C/C=C/[C@H](C)[C@@H](O)C/C=C(\C)C/C(C)=C/C=C/CC[C@H](C)CN. The molecule has 0 aromatic carbocycles. The highest BCUT2D eigenvalue weighted by molar-refractivity contribution is 5.82. The van der Waals surface area contributed by atoms with E-state index in [2.05, 4.69) is 45.1 Å². The summed E-state index contributed by atoms with van der Waals surface area (Å²) >= 11 is 0. The molecule has 29 heavy (non-hydrogen) atoms. The van der Waals surface area contributed by atoms with E-state index in [4.69, 9.17) is 10.5 Å². The van der Waals surface area contributed by atoms with Crippen molar-refractivity contribution < 1.29 is 14.6 Å². The highest BCUT2D eigenvalue weighted by Gasteiger charge is 2.09. The maximum Gasteiger partial charge on any atom is 0.330 e. The summed E-state index contributed by atoms with van der Waals surface area (Å²) in [7, 11) is 0. The van der Waals surface area contributed by atoms with Gasteiger partial charge in [-0.3, -0.25) is 0 Å². The first kappa shape index (κ1) is 27.1. The van der Waals surface area contributed by atoms with Crippen LogP contribution < -0.4 is 5.73 Å². The zero-order chi connectivity index (χ0) is 22.1. The highest BCUT2D eigenvalue weighted by Crippen LogP contribution is 2.15. The number of aliphatic hydroxyl groups is 1. The lowest BCUT2D eigenvalue weighted by Gasteiger charge is -2.13. The lowest BCUT2D eigenvalue weighted by atomic mass is 9.98. The molecule has 0 saturated heterocycles. The molecule has 0 aliphatic carbocycles. The molecule has 0 fully saturated rings. The summed E-state index contributed by atoms with van der Waals surface area (Å²) in [6.45, 7) is 11.2. The van der Waals surface area contributed by atoms with Gasteiger partial charge >= 0.3 is 5.97 Å². The molecule has 0 aliphatic heterocycles. The number of hydrogen-bond donors (Lipinski definition) is 2. The van der Waals surface area contributed by atoms with Crippen LogP contribution in [0, 0.1) is 11.8 Å². The quantitative estimate of drug-likeness (QED) is 0.179. The number of esters is 1. The van der Waals surface area contributed by atoms with Crippen molar-refractivity contribution in [1.29, 1.82) is 0 Å². The lowest BCUT2D eigenvalue weighted by Crippen LogP contribution is -2.14. The number of rotatable bonds is 14. The molecule has 0 aromatic heterocycles. The van der Waals surface area contributed by atoms with Crippen molar-refractivity contribution in [3.05, 3.63) is 59.8 Å². The molecule has 0 spiro atoms. The second-order valence-corrected chi connectivity index (χ2v) is 7.74. The van der Waals surface area contributed by atoms with E-state index in [-0.39, 0.29) is 11.9 Å². The molecule has 0 aromatic rings. The van der Waals surface area contributed by atoms with Crippen LogP contribution in [-0.4, -0.2) is 30.3 Å². The highest BCUT2D eigenvalue weighted by atomic mass is 16.5. The van der Waals surface area contributed by atoms with Gasteiger partial charge in [0.1, 0.15) is 0 Å². The average molecular weight is 404 g/mol. The third-order valence-electron chi connectivity index (χ3n) is 4.66. The molecule has 4 heteroatoms. The zero-order valence-corrected chi connectivity index (χ0v) is 18.9. The number of carbonyl (C=O) groups is 1. The summed E-state index contributed by atoms with van der Waals surface area (Å²) in [6, 6.07) is 0. The fourth-order valence-corrected chi connectivity index (χ4v) is 2.63. The molecule has 0 unspecified atom stereocenters. The van der Waals surface area contributed by atoms with Gasteiger partial charge in [-0.2, -0.15) is 0 Å². The van der Waals surface area contributed by atoms with Crippen molar-refractivity contribution >= 4 is 5.97 Å². The van der Waals surface area contributed by atoms with Gasteiger partial charge in [0, 0.05) is 12.0 Å². The summed E-state index contributed by atoms with van der Waals surface area (Å²) in [5.41, 5.74) is 8.18. The fraction of sp³-hybridized carbons (Fsp3) is 0.560. The van der Waals surface area contributed by atoms with Crippen molar-refractivity contribution in [2.45, 2.75) is 66.4 Å². The van der Waals surface area contributed by atoms with Gasteiger partial charge in [0.2, 0.25) is 0 Å². The zero-order valence-electron chi connectivity index (χ0n) is 18.9. The Hall–Kier alpha value is -1.91. The topological polar surface area (TPSA) is 72.5 Å². The largest absolute Gasteiger partial charge is 0.463 e. The molecule has 0 rings (SSSR count). The van der Waals surface area contributed by atoms with Gasteiger partial charge in [0.05, 0.1) is 12.7 Å². The van der Waals surface area contributed by atoms with Crippen LogP contribution in [0.4, 0.5) is 0 Å². The Morgan fingerprint density at radius 3 is 2.52 bits per heavy atom. The number of nitrogens with two attached hydrogens (primary N) is 1. The third-order valence-corrected chi connectivity index (χ3v) is 4.66. The van der Waals surface area contributed by atoms with Gasteiger partial charge < -0.3 is 15.6 Å². The second kappa shape index (κ2) is 17.0. The Labute approximate surface area is 177 Å². The Balaban J connectivity index is 4.35. The fourth-order valence-electron chi connectivity index (χ4n) is 2.63. The second-order valence-electron chi connectivity index (χ2n) is 7.74. The molecule has 3 atom stereocenters. The summed E-state index contributed by atoms with van der Waals surface area (Å²) in [4.78, 5) is 11.2. The van der Waals surface area contributed by atoms with Crippen molar-refractivity contribution in [2.75, 3.05) is 13.2 Å². The first-order valence-corrected chi connectivity index (χ1v) is 10.7. The minimum absolute atomic E-state index is 0.00128. The molecule has 4 nitrogen and oxygen atoms in total. The molecule has 0 heterocycles. The van der Waals surface area contributed by atoms with Gasteiger partial charge in [0.15, 0.2) is 0 Å². The lowest BCUT2D eigenvalue weighted by molar-refractivity contribution is -0.137. The number of ether oxygens (including phenoxy) is 1. The van der Waals surface area contributed by atoms with Gasteiger partial charge in [0.25, 0.3) is 0 Å². The maximum absolute atomic E-state index is 11.2. The van der Waals surface area contributed by atoms with Crippen LogP contribution in [0.3, 0.4) is 0 Å². The normalized spacial score (nSPS) is 16.7. The number of aliphatic hydroxyl groups excluding tert-OH is 1. The van der Waals surface area contributed by atoms with E-state index in [1.807, 2.05) is 13.0 Å². The molecule has 3 N–H and O–H groups in total. The first-order valence-electron chi connectivity index (χ1n) is 10.7. The van der Waals surface area contributed by atoms with E-state index in [1.165, 1.54) is 17.2 Å². The summed E-state index contributed by atoms with van der Waals surface area (Å²) in [6.07, 6.45) is 18.5. The molecule has 164 valence electrons. The summed E-state index contributed by atoms with van der Waals surface area (Å²) in [5.74, 6) is 0.223. The Morgan fingerprint density at radius 1 is 1.14 bits per heavy atom. The van der Waals surface area contributed by atoms with E-state index < -0.39 is 6.10 Å². The Morgan fingerprint density at radius 2 is 1.86 bits per heavy atom. The van der Waals surface area contributed by atoms with Crippen molar-refractivity contribution in [3.63, 3.8) is 0 Å². The molecule has 0 saturated carbocycles. The maximum atomic E-state index is 11.2. The molecular formula is C25H41NO3. The van der Waals surface area contributed by atoms with Crippen molar-refractivity contribution in [3.8, 4) is 0 Å². The third kappa shape index (κ3) is 15.7. The predicted molar refractivity (Wildman–Crippen MR) is 123 cm³/mol. The van der Waals surface area contributed by atoms with Crippen LogP contribution in [0.2, 0.25) is 0 Å². The van der Waals surface area contributed by atoms with Gasteiger partial charge in [-0.15, -0.1) is 0 Å². The van der Waals surface area contributed by atoms with E-state index in [9.17, 15) is 9.90 Å².